The lowest BCUT2D eigenvalue weighted by atomic mass is 9.99. The fraction of sp³-hybridized carbons (Fsp3) is 0.714. The molecule has 7 heteroatoms. The molecular formula is C14H22N4O3. The minimum atomic E-state index is -0.585. The highest BCUT2D eigenvalue weighted by Crippen LogP contribution is 2.16. The van der Waals surface area contributed by atoms with Crippen molar-refractivity contribution in [3.8, 4) is 0 Å². The Balaban J connectivity index is 2.03. The molecule has 0 aliphatic carbocycles. The van der Waals surface area contributed by atoms with Crippen LogP contribution in [-0.2, 0) is 14.3 Å². The van der Waals surface area contributed by atoms with Crippen molar-refractivity contribution in [2.45, 2.75) is 20.3 Å². The van der Waals surface area contributed by atoms with Crippen LogP contribution in [-0.4, -0.2) is 73.2 Å². The Labute approximate surface area is 124 Å². The molecule has 2 heterocycles. The van der Waals surface area contributed by atoms with E-state index in [4.69, 9.17) is 0 Å². The van der Waals surface area contributed by atoms with Crippen LogP contribution in [0.1, 0.15) is 20.3 Å². The topological polar surface area (TPSA) is 74.6 Å². The molecule has 1 atom stereocenters. The summed E-state index contributed by atoms with van der Waals surface area (Å²) >= 11 is 0. The number of hydrogen-bond donors (Lipinski definition) is 0. The molecule has 1 unspecified atom stereocenters. The van der Waals surface area contributed by atoms with Crippen molar-refractivity contribution in [1.82, 2.24) is 9.80 Å². The molecule has 2 aliphatic heterocycles. The van der Waals surface area contributed by atoms with E-state index in [1.165, 1.54) is 7.11 Å². The van der Waals surface area contributed by atoms with Crippen LogP contribution in [0.15, 0.2) is 9.98 Å². The summed E-state index contributed by atoms with van der Waals surface area (Å²) in [6, 6.07) is 0. The zero-order valence-corrected chi connectivity index (χ0v) is 12.8. The third kappa shape index (κ3) is 3.66. The molecule has 0 aromatic rings. The SMILES string of the molecule is CCN1CCN(C2=NC(=O)C(CC(=O)OC)C(C)=N2)CC1. The molecule has 0 radical (unpaired) electrons. The van der Waals surface area contributed by atoms with Crippen molar-refractivity contribution in [3.63, 3.8) is 0 Å². The normalized spacial score (nSPS) is 23.7. The molecule has 21 heavy (non-hydrogen) atoms. The van der Waals surface area contributed by atoms with Crippen LogP contribution in [0.25, 0.3) is 0 Å². The smallest absolute Gasteiger partial charge is 0.306 e. The lowest BCUT2D eigenvalue weighted by Crippen LogP contribution is -2.49. The van der Waals surface area contributed by atoms with E-state index in [-0.39, 0.29) is 12.3 Å². The number of ether oxygens (including phenoxy) is 1. The number of hydrogen-bond acceptors (Lipinski definition) is 6. The van der Waals surface area contributed by atoms with Crippen LogP contribution in [0.2, 0.25) is 0 Å². The van der Waals surface area contributed by atoms with E-state index in [1.807, 2.05) is 4.90 Å². The molecule has 116 valence electrons. The number of esters is 1. The van der Waals surface area contributed by atoms with E-state index in [0.29, 0.717) is 11.7 Å². The van der Waals surface area contributed by atoms with Gasteiger partial charge in [0, 0.05) is 31.9 Å². The molecule has 0 saturated carbocycles. The summed E-state index contributed by atoms with van der Waals surface area (Å²) in [5.74, 6) is -0.827. The van der Waals surface area contributed by atoms with Crippen LogP contribution in [0.5, 0.6) is 0 Å². The highest BCUT2D eigenvalue weighted by molar-refractivity contribution is 6.15. The number of piperazine rings is 1. The van der Waals surface area contributed by atoms with Gasteiger partial charge in [0.2, 0.25) is 5.96 Å². The van der Waals surface area contributed by atoms with Gasteiger partial charge in [0.25, 0.3) is 5.91 Å². The van der Waals surface area contributed by atoms with E-state index in [1.54, 1.807) is 6.92 Å². The first kappa shape index (κ1) is 15.6. The second-order valence-corrected chi connectivity index (χ2v) is 5.26. The van der Waals surface area contributed by atoms with Crippen molar-refractivity contribution in [1.29, 1.82) is 0 Å². The Kier molecular flexibility index (Phi) is 5.06. The Morgan fingerprint density at radius 1 is 1.29 bits per heavy atom. The molecule has 2 rings (SSSR count). The Bertz CT molecular complexity index is 479. The number of guanidine groups is 1. The summed E-state index contributed by atoms with van der Waals surface area (Å²) in [6.45, 7) is 8.47. The van der Waals surface area contributed by atoms with Crippen LogP contribution in [0, 0.1) is 5.92 Å². The average molecular weight is 294 g/mol. The van der Waals surface area contributed by atoms with Crippen LogP contribution in [0.4, 0.5) is 0 Å². The maximum atomic E-state index is 12.1. The van der Waals surface area contributed by atoms with Gasteiger partial charge in [-0.2, -0.15) is 4.99 Å². The first-order valence-electron chi connectivity index (χ1n) is 7.27. The van der Waals surface area contributed by atoms with Crippen LogP contribution < -0.4 is 0 Å². The van der Waals surface area contributed by atoms with Gasteiger partial charge in [-0.25, -0.2) is 4.99 Å². The first-order chi connectivity index (χ1) is 10.0. The summed E-state index contributed by atoms with van der Waals surface area (Å²) in [5.41, 5.74) is 0.633. The maximum absolute atomic E-state index is 12.1. The quantitative estimate of drug-likeness (QED) is 0.693. The van der Waals surface area contributed by atoms with Crippen LogP contribution >= 0.6 is 0 Å². The molecule has 0 N–H and O–H groups in total. The van der Waals surface area contributed by atoms with Crippen molar-refractivity contribution in [2.24, 2.45) is 15.9 Å². The molecule has 1 fully saturated rings. The van der Waals surface area contributed by atoms with Crippen molar-refractivity contribution in [3.05, 3.63) is 0 Å². The number of carbonyl (C=O) groups is 2. The molecule has 0 bridgehead atoms. The minimum Gasteiger partial charge on any atom is -0.469 e. The predicted octanol–water partition coefficient (Wildman–Crippen LogP) is 0.160. The van der Waals surface area contributed by atoms with E-state index in [9.17, 15) is 9.59 Å². The van der Waals surface area contributed by atoms with Crippen LogP contribution in [0.3, 0.4) is 0 Å². The van der Waals surface area contributed by atoms with Gasteiger partial charge in [-0.15, -0.1) is 0 Å². The number of carbonyl (C=O) groups excluding carboxylic acids is 2. The summed E-state index contributed by atoms with van der Waals surface area (Å²) in [7, 11) is 1.31. The molecule has 0 aromatic heterocycles. The molecule has 1 saturated heterocycles. The number of likely N-dealkylation sites (N-methyl/N-ethyl adjacent to an activating group) is 1. The van der Waals surface area contributed by atoms with Gasteiger partial charge >= 0.3 is 5.97 Å². The Morgan fingerprint density at radius 3 is 2.48 bits per heavy atom. The molecule has 0 spiro atoms. The predicted molar refractivity (Wildman–Crippen MR) is 79.4 cm³/mol. The Hall–Kier alpha value is -1.76. The van der Waals surface area contributed by atoms with E-state index in [2.05, 4.69) is 26.5 Å². The fourth-order valence-electron chi connectivity index (χ4n) is 2.51. The number of aliphatic imine (C=N–C) groups is 2. The number of methoxy groups -OCH3 is 1. The minimum absolute atomic E-state index is 0.00502. The number of nitrogens with zero attached hydrogens (tertiary/aromatic N) is 4. The van der Waals surface area contributed by atoms with Gasteiger partial charge in [0.1, 0.15) is 0 Å². The summed E-state index contributed by atoms with van der Waals surface area (Å²) < 4.78 is 4.61. The second-order valence-electron chi connectivity index (χ2n) is 5.26. The first-order valence-corrected chi connectivity index (χ1v) is 7.27. The zero-order chi connectivity index (χ0) is 15.4. The standard InChI is InChI=1S/C14H22N4O3/c1-4-17-5-7-18(8-6-17)14-15-10(2)11(13(20)16-14)9-12(19)21-3/h11H,4-9H2,1-3H3. The summed E-state index contributed by atoms with van der Waals surface area (Å²) in [4.78, 5) is 36.3. The van der Waals surface area contributed by atoms with E-state index in [0.717, 1.165) is 32.7 Å². The largest absolute Gasteiger partial charge is 0.469 e. The van der Waals surface area contributed by atoms with Gasteiger partial charge in [0.05, 0.1) is 19.4 Å². The highest BCUT2D eigenvalue weighted by atomic mass is 16.5. The third-order valence-corrected chi connectivity index (χ3v) is 3.99. The van der Waals surface area contributed by atoms with Gasteiger partial charge in [0.15, 0.2) is 0 Å². The lowest BCUT2D eigenvalue weighted by molar-refractivity contribution is -0.142. The van der Waals surface area contributed by atoms with Crippen molar-refractivity contribution < 1.29 is 14.3 Å². The molecular weight excluding hydrogens is 272 g/mol. The molecule has 2 aliphatic rings. The third-order valence-electron chi connectivity index (χ3n) is 3.99. The van der Waals surface area contributed by atoms with E-state index < -0.39 is 11.9 Å². The Morgan fingerprint density at radius 2 is 1.95 bits per heavy atom. The maximum Gasteiger partial charge on any atom is 0.306 e. The molecule has 1 amide bonds. The van der Waals surface area contributed by atoms with Gasteiger partial charge in [-0.05, 0) is 13.5 Å². The molecule has 0 aromatic carbocycles. The lowest BCUT2D eigenvalue weighted by Gasteiger charge is -2.35. The van der Waals surface area contributed by atoms with E-state index >= 15 is 0 Å². The fourth-order valence-corrected chi connectivity index (χ4v) is 2.51. The second kappa shape index (κ2) is 6.80. The van der Waals surface area contributed by atoms with Crippen molar-refractivity contribution >= 4 is 23.5 Å². The summed E-state index contributed by atoms with van der Waals surface area (Å²) in [6.07, 6.45) is 0.00502. The monoisotopic (exact) mass is 294 g/mol. The van der Waals surface area contributed by atoms with Gasteiger partial charge in [-0.1, -0.05) is 6.92 Å². The van der Waals surface area contributed by atoms with Gasteiger partial charge < -0.3 is 14.5 Å². The number of amides is 1. The van der Waals surface area contributed by atoms with Gasteiger partial charge in [-0.3, -0.25) is 9.59 Å². The van der Waals surface area contributed by atoms with Crippen molar-refractivity contribution in [2.75, 3.05) is 39.8 Å². The number of rotatable bonds is 3. The zero-order valence-electron chi connectivity index (χ0n) is 12.8. The molecule has 7 nitrogen and oxygen atoms in total. The highest BCUT2D eigenvalue weighted by Gasteiger charge is 2.31. The summed E-state index contributed by atoms with van der Waals surface area (Å²) in [5, 5.41) is 0. The average Bonchev–Trinajstić information content (AvgIpc) is 2.50.